The lowest BCUT2D eigenvalue weighted by Crippen LogP contribution is -2.25. The molecule has 0 bridgehead atoms. The molecule has 2 N–H and O–H groups in total. The fourth-order valence-corrected chi connectivity index (χ4v) is 1.18. The summed E-state index contributed by atoms with van der Waals surface area (Å²) in [5, 5.41) is 13.8. The summed E-state index contributed by atoms with van der Waals surface area (Å²) in [6.07, 6.45) is 0.882. The third-order valence-electron chi connectivity index (χ3n) is 2.31. The number of phenolic OH excluding ortho intramolecular Hbond substituents is 1. The fourth-order valence-electron chi connectivity index (χ4n) is 1.18. The number of phenols is 1. The SMILES string of the molecule is CCN(C)OOCNCCc1ccc(O)cc1. The zero-order valence-electron chi connectivity index (χ0n) is 10.3. The molecule has 0 heterocycles. The first-order chi connectivity index (χ1) is 8.22. The van der Waals surface area contributed by atoms with Gasteiger partial charge in [0.05, 0.1) is 0 Å². The summed E-state index contributed by atoms with van der Waals surface area (Å²) in [5.41, 5.74) is 1.17. The van der Waals surface area contributed by atoms with Gasteiger partial charge in [0.15, 0.2) is 0 Å². The van der Waals surface area contributed by atoms with Gasteiger partial charge in [0.2, 0.25) is 0 Å². The molecule has 0 radical (unpaired) electrons. The molecule has 0 aliphatic rings. The summed E-state index contributed by atoms with van der Waals surface area (Å²) in [4.78, 5) is 9.82. The van der Waals surface area contributed by atoms with E-state index in [1.807, 2.05) is 19.1 Å². The van der Waals surface area contributed by atoms with Gasteiger partial charge < -0.3 is 5.11 Å². The number of rotatable bonds is 8. The number of benzene rings is 1. The molecule has 0 aromatic heterocycles. The second-order valence-electron chi connectivity index (χ2n) is 3.70. The molecule has 5 nitrogen and oxygen atoms in total. The minimum atomic E-state index is 0.293. The molecular formula is C12H20N2O3. The lowest BCUT2D eigenvalue weighted by Gasteiger charge is -2.12. The average molecular weight is 240 g/mol. The Hall–Kier alpha value is -1.14. The molecule has 0 amide bonds. The van der Waals surface area contributed by atoms with Crippen LogP contribution < -0.4 is 5.32 Å². The molecule has 5 heteroatoms. The molecule has 96 valence electrons. The van der Waals surface area contributed by atoms with Gasteiger partial charge in [-0.3, -0.25) is 5.32 Å². The molecule has 1 aromatic carbocycles. The van der Waals surface area contributed by atoms with Crippen LogP contribution in [0.15, 0.2) is 24.3 Å². The van der Waals surface area contributed by atoms with Gasteiger partial charge in [-0.25, -0.2) is 4.89 Å². The maximum Gasteiger partial charge on any atom is 0.135 e. The second kappa shape index (κ2) is 8.03. The normalized spacial score (nSPS) is 11.0. The summed E-state index contributed by atoms with van der Waals surface area (Å²) in [5.74, 6) is 0.293. The van der Waals surface area contributed by atoms with E-state index in [2.05, 4.69) is 5.32 Å². The van der Waals surface area contributed by atoms with E-state index in [0.717, 1.165) is 19.5 Å². The highest BCUT2D eigenvalue weighted by atomic mass is 17.3. The van der Waals surface area contributed by atoms with Crippen molar-refractivity contribution in [3.05, 3.63) is 29.8 Å². The number of nitrogens with zero attached hydrogens (tertiary/aromatic N) is 1. The summed E-state index contributed by atoms with van der Waals surface area (Å²) in [6.45, 7) is 3.89. The Labute approximate surface area is 102 Å². The van der Waals surface area contributed by atoms with Crippen LogP contribution in [0, 0.1) is 0 Å². The quantitative estimate of drug-likeness (QED) is 0.310. The van der Waals surface area contributed by atoms with Crippen molar-refractivity contribution in [2.75, 3.05) is 26.9 Å². The van der Waals surface area contributed by atoms with Gasteiger partial charge in [0, 0.05) is 20.1 Å². The number of hydroxylamine groups is 2. The maximum absolute atomic E-state index is 9.12. The van der Waals surface area contributed by atoms with Crippen LogP contribution in [0.25, 0.3) is 0 Å². The van der Waals surface area contributed by atoms with Gasteiger partial charge in [0.25, 0.3) is 0 Å². The molecule has 0 aliphatic heterocycles. The molecule has 1 rings (SSSR count). The van der Waals surface area contributed by atoms with Crippen molar-refractivity contribution < 1.29 is 15.0 Å². The maximum atomic E-state index is 9.12. The first-order valence-corrected chi connectivity index (χ1v) is 5.71. The van der Waals surface area contributed by atoms with E-state index in [1.54, 1.807) is 24.2 Å². The largest absolute Gasteiger partial charge is 0.508 e. The Bertz CT molecular complexity index is 303. The minimum Gasteiger partial charge on any atom is -0.508 e. The highest BCUT2D eigenvalue weighted by molar-refractivity contribution is 5.25. The van der Waals surface area contributed by atoms with Crippen LogP contribution in [0.2, 0.25) is 0 Å². The number of aromatic hydroxyl groups is 1. The van der Waals surface area contributed by atoms with Crippen molar-refractivity contribution in [1.82, 2.24) is 10.4 Å². The van der Waals surface area contributed by atoms with E-state index in [4.69, 9.17) is 15.0 Å². The standard InChI is InChI=1S/C12H20N2O3/c1-3-14(2)17-16-10-13-9-8-11-4-6-12(15)7-5-11/h4-7,13,15H,3,8-10H2,1-2H3. The van der Waals surface area contributed by atoms with Crippen molar-refractivity contribution in [1.29, 1.82) is 0 Å². The van der Waals surface area contributed by atoms with Crippen molar-refractivity contribution in [2.24, 2.45) is 0 Å². The minimum absolute atomic E-state index is 0.293. The molecule has 0 fully saturated rings. The van der Waals surface area contributed by atoms with E-state index in [9.17, 15) is 0 Å². The van der Waals surface area contributed by atoms with Gasteiger partial charge in [-0.2, -0.15) is 5.06 Å². The first kappa shape index (κ1) is 13.9. The van der Waals surface area contributed by atoms with Crippen LogP contribution in [-0.2, 0) is 16.3 Å². The Morgan fingerprint density at radius 1 is 1.29 bits per heavy atom. The molecule has 1 aromatic rings. The summed E-state index contributed by atoms with van der Waals surface area (Å²) in [7, 11) is 1.80. The van der Waals surface area contributed by atoms with Crippen molar-refractivity contribution in [3.63, 3.8) is 0 Å². The van der Waals surface area contributed by atoms with Crippen molar-refractivity contribution in [2.45, 2.75) is 13.3 Å². The van der Waals surface area contributed by atoms with E-state index in [0.29, 0.717) is 12.5 Å². The van der Waals surface area contributed by atoms with Crippen LogP contribution in [0.1, 0.15) is 12.5 Å². The number of nitrogens with one attached hydrogen (secondary N) is 1. The van der Waals surface area contributed by atoms with Crippen LogP contribution in [-0.4, -0.2) is 37.0 Å². The molecular weight excluding hydrogens is 220 g/mol. The summed E-state index contributed by atoms with van der Waals surface area (Å²) < 4.78 is 0. The monoisotopic (exact) mass is 240 g/mol. The first-order valence-electron chi connectivity index (χ1n) is 5.71. The Kier molecular flexibility index (Phi) is 6.57. The highest BCUT2D eigenvalue weighted by Gasteiger charge is 1.96. The highest BCUT2D eigenvalue weighted by Crippen LogP contribution is 2.09. The third kappa shape index (κ3) is 6.23. The molecule has 0 saturated heterocycles. The van der Waals surface area contributed by atoms with Crippen LogP contribution >= 0.6 is 0 Å². The van der Waals surface area contributed by atoms with Crippen LogP contribution in [0.4, 0.5) is 0 Å². The number of hydrogen-bond acceptors (Lipinski definition) is 5. The van der Waals surface area contributed by atoms with E-state index in [-0.39, 0.29) is 0 Å². The van der Waals surface area contributed by atoms with Gasteiger partial charge in [-0.15, -0.1) is 4.99 Å². The molecule has 0 atom stereocenters. The summed E-state index contributed by atoms with van der Waals surface area (Å²) >= 11 is 0. The predicted octanol–water partition coefficient (Wildman–Crippen LogP) is 1.30. The van der Waals surface area contributed by atoms with E-state index in [1.165, 1.54) is 5.56 Å². The third-order valence-corrected chi connectivity index (χ3v) is 2.31. The lowest BCUT2D eigenvalue weighted by molar-refractivity contribution is -0.420. The summed E-state index contributed by atoms with van der Waals surface area (Å²) in [6, 6.07) is 7.18. The molecule has 0 spiro atoms. The van der Waals surface area contributed by atoms with Crippen molar-refractivity contribution >= 4 is 0 Å². The Morgan fingerprint density at radius 2 is 2.00 bits per heavy atom. The van der Waals surface area contributed by atoms with Gasteiger partial charge in [0.1, 0.15) is 12.5 Å². The molecule has 0 aliphatic carbocycles. The van der Waals surface area contributed by atoms with Gasteiger partial charge in [-0.1, -0.05) is 12.1 Å². The number of hydrogen-bond donors (Lipinski definition) is 2. The lowest BCUT2D eigenvalue weighted by atomic mass is 10.1. The topological polar surface area (TPSA) is 54.0 Å². The fraction of sp³-hybridized carbons (Fsp3) is 0.500. The average Bonchev–Trinajstić information content (AvgIpc) is 2.35. The predicted molar refractivity (Wildman–Crippen MR) is 65.2 cm³/mol. The molecule has 17 heavy (non-hydrogen) atoms. The Balaban J connectivity index is 2.02. The van der Waals surface area contributed by atoms with E-state index >= 15 is 0 Å². The van der Waals surface area contributed by atoms with Gasteiger partial charge in [-0.05, 0) is 31.0 Å². The van der Waals surface area contributed by atoms with Gasteiger partial charge >= 0.3 is 0 Å². The molecule has 0 unspecified atom stereocenters. The van der Waals surface area contributed by atoms with Crippen molar-refractivity contribution in [3.8, 4) is 5.75 Å². The molecule has 0 saturated carbocycles. The second-order valence-corrected chi connectivity index (χ2v) is 3.70. The van der Waals surface area contributed by atoms with Crippen LogP contribution in [0.3, 0.4) is 0 Å². The smallest absolute Gasteiger partial charge is 0.135 e. The Morgan fingerprint density at radius 3 is 2.65 bits per heavy atom. The zero-order chi connectivity index (χ0) is 12.5. The zero-order valence-corrected chi connectivity index (χ0v) is 10.3. The van der Waals surface area contributed by atoms with E-state index < -0.39 is 0 Å². The van der Waals surface area contributed by atoms with Crippen LogP contribution in [0.5, 0.6) is 5.75 Å².